The molecule has 4 rings (SSSR count). The molecule has 1 unspecified atom stereocenters. The van der Waals surface area contributed by atoms with Crippen LogP contribution < -0.4 is 4.74 Å². The molecule has 0 fully saturated rings. The Labute approximate surface area is 191 Å². The molecule has 2 heterocycles. The molecule has 4 aromatic rings. The van der Waals surface area contributed by atoms with Gasteiger partial charge in [0.1, 0.15) is 18.2 Å². The first-order valence-corrected chi connectivity index (χ1v) is 12.1. The highest BCUT2D eigenvalue weighted by atomic mass is 32.2. The molecule has 166 valence electrons. The van der Waals surface area contributed by atoms with Crippen LogP contribution in [0, 0.1) is 13.8 Å². The van der Waals surface area contributed by atoms with E-state index in [-0.39, 0.29) is 0 Å². The van der Waals surface area contributed by atoms with E-state index in [9.17, 15) is 4.21 Å². The third kappa shape index (κ3) is 4.74. The third-order valence-electron chi connectivity index (χ3n) is 5.43. The van der Waals surface area contributed by atoms with Gasteiger partial charge in [-0.25, -0.2) is 9.97 Å². The van der Waals surface area contributed by atoms with Crippen LogP contribution >= 0.6 is 0 Å². The quantitative estimate of drug-likeness (QED) is 0.403. The van der Waals surface area contributed by atoms with E-state index in [1.165, 1.54) is 11.1 Å². The summed E-state index contributed by atoms with van der Waals surface area (Å²) in [5.74, 6) is 1.46. The number of hydrogen-bond acceptors (Lipinski definition) is 5. The van der Waals surface area contributed by atoms with Crippen LogP contribution in [-0.4, -0.2) is 50.1 Å². The fraction of sp³-hybridized carbons (Fsp3) is 0.280. The highest BCUT2D eigenvalue weighted by Crippen LogP contribution is 2.28. The van der Waals surface area contributed by atoms with Gasteiger partial charge in [-0.2, -0.15) is 0 Å². The van der Waals surface area contributed by atoms with E-state index in [2.05, 4.69) is 53.1 Å². The van der Waals surface area contributed by atoms with Gasteiger partial charge in [-0.3, -0.25) is 13.7 Å². The Balaban J connectivity index is 1.51. The molecule has 0 aliphatic carbocycles. The van der Waals surface area contributed by atoms with Crippen molar-refractivity contribution in [2.75, 3.05) is 26.5 Å². The Kier molecular flexibility index (Phi) is 6.67. The summed E-state index contributed by atoms with van der Waals surface area (Å²) in [5, 5.41) is 0.483. The minimum Gasteiger partial charge on any atom is -0.492 e. The van der Waals surface area contributed by atoms with Gasteiger partial charge in [0.05, 0.1) is 21.8 Å². The molecule has 2 aromatic carbocycles. The van der Waals surface area contributed by atoms with Crippen LogP contribution in [0.3, 0.4) is 0 Å². The minimum absolute atomic E-state index is 0.483. The van der Waals surface area contributed by atoms with E-state index >= 15 is 0 Å². The lowest BCUT2D eigenvalue weighted by molar-refractivity contribution is 0.232. The lowest BCUT2D eigenvalue weighted by atomic mass is 10.1. The zero-order chi connectivity index (χ0) is 22.7. The second kappa shape index (κ2) is 9.63. The first-order chi connectivity index (χ1) is 15.4. The molecule has 32 heavy (non-hydrogen) atoms. The number of nitrogens with zero attached hydrogens (tertiary/aromatic N) is 4. The number of rotatable bonds is 8. The number of benzene rings is 2. The van der Waals surface area contributed by atoms with Crippen molar-refractivity contribution in [3.05, 3.63) is 77.5 Å². The van der Waals surface area contributed by atoms with E-state index in [4.69, 9.17) is 4.74 Å². The Morgan fingerprint density at radius 2 is 1.81 bits per heavy atom. The molecule has 0 aliphatic heterocycles. The van der Waals surface area contributed by atoms with Gasteiger partial charge in [0.25, 0.3) is 0 Å². The Bertz CT molecular complexity index is 1250. The van der Waals surface area contributed by atoms with E-state index in [1.54, 1.807) is 12.5 Å². The van der Waals surface area contributed by atoms with Gasteiger partial charge in [0.15, 0.2) is 0 Å². The van der Waals surface area contributed by atoms with Crippen LogP contribution in [0.15, 0.2) is 66.0 Å². The average Bonchev–Trinajstić information content (AvgIpc) is 3.16. The lowest BCUT2D eigenvalue weighted by Crippen LogP contribution is -2.24. The molecule has 1 atom stereocenters. The summed E-state index contributed by atoms with van der Waals surface area (Å²) in [6.07, 6.45) is 3.36. The van der Waals surface area contributed by atoms with E-state index in [0.717, 1.165) is 35.4 Å². The summed E-state index contributed by atoms with van der Waals surface area (Å²) in [6, 6.07) is 18.2. The van der Waals surface area contributed by atoms with Gasteiger partial charge >= 0.3 is 0 Å². The van der Waals surface area contributed by atoms with Gasteiger partial charge < -0.3 is 4.74 Å². The number of hydrogen-bond donors (Lipinski definition) is 0. The first kappa shape index (κ1) is 22.2. The molecule has 2 aromatic heterocycles. The zero-order valence-electron chi connectivity index (χ0n) is 18.9. The van der Waals surface area contributed by atoms with Gasteiger partial charge in [0.2, 0.25) is 5.16 Å². The first-order valence-electron chi connectivity index (χ1n) is 10.6. The summed E-state index contributed by atoms with van der Waals surface area (Å²) < 4.78 is 20.4. The number of pyridine rings is 1. The maximum Gasteiger partial charge on any atom is 0.205 e. The molecule has 0 amide bonds. The van der Waals surface area contributed by atoms with Crippen LogP contribution in [0.2, 0.25) is 0 Å². The summed E-state index contributed by atoms with van der Waals surface area (Å²) in [5.41, 5.74) is 5.12. The summed E-state index contributed by atoms with van der Waals surface area (Å²) in [6.45, 7) is 6.30. The molecule has 0 spiro atoms. The van der Waals surface area contributed by atoms with Crippen LogP contribution in [0.25, 0.3) is 16.9 Å². The highest BCUT2D eigenvalue weighted by Gasteiger charge is 2.19. The Hall–Kier alpha value is -3.03. The monoisotopic (exact) mass is 448 g/mol. The molecular weight excluding hydrogens is 420 g/mol. The zero-order valence-corrected chi connectivity index (χ0v) is 19.7. The summed E-state index contributed by atoms with van der Waals surface area (Å²) in [7, 11) is 0.835. The van der Waals surface area contributed by atoms with Crippen LogP contribution in [0.1, 0.15) is 16.7 Å². The molecule has 0 bridgehead atoms. The molecule has 6 nitrogen and oxygen atoms in total. The molecular formula is C25H28N4O2S. The number of ether oxygens (including phenoxy) is 1. The second-order valence-electron chi connectivity index (χ2n) is 8.00. The molecule has 7 heteroatoms. The normalized spacial score (nSPS) is 12.4. The topological polar surface area (TPSA) is 60.2 Å². The number of aromatic nitrogens is 3. The van der Waals surface area contributed by atoms with Crippen molar-refractivity contribution in [3.63, 3.8) is 0 Å². The predicted molar refractivity (Wildman–Crippen MR) is 129 cm³/mol. The van der Waals surface area contributed by atoms with Crippen molar-refractivity contribution >= 4 is 21.8 Å². The van der Waals surface area contributed by atoms with Crippen molar-refractivity contribution in [1.82, 2.24) is 19.4 Å². The van der Waals surface area contributed by atoms with Crippen LogP contribution in [-0.2, 0) is 17.3 Å². The van der Waals surface area contributed by atoms with E-state index in [0.29, 0.717) is 17.6 Å². The summed E-state index contributed by atoms with van der Waals surface area (Å²) in [4.78, 5) is 11.4. The second-order valence-corrected chi connectivity index (χ2v) is 9.28. The van der Waals surface area contributed by atoms with Gasteiger partial charge in [-0.15, -0.1) is 0 Å². The van der Waals surface area contributed by atoms with E-state index in [1.807, 2.05) is 41.8 Å². The third-order valence-corrected chi connectivity index (χ3v) is 6.22. The van der Waals surface area contributed by atoms with Crippen molar-refractivity contribution in [2.45, 2.75) is 25.5 Å². The number of aryl methyl sites for hydroxylation is 1. The molecule has 0 N–H and O–H groups in total. The maximum absolute atomic E-state index is 12.4. The van der Waals surface area contributed by atoms with Crippen molar-refractivity contribution in [1.29, 1.82) is 0 Å². The number of fused-ring (bicyclic) bond motifs is 1. The SMILES string of the molecule is Cc1ccc(CN(C)CCOc2ccnc(-n3c(S(C)=O)nc4ccccc43)c2C)cc1. The molecule has 0 aliphatic rings. The van der Waals surface area contributed by atoms with Gasteiger partial charge in [0, 0.05) is 31.1 Å². The molecule has 0 saturated heterocycles. The van der Waals surface area contributed by atoms with E-state index < -0.39 is 10.8 Å². The standard InChI is InChI=1S/C25H28N4O2S/c1-18-9-11-20(12-10-18)17-28(3)15-16-31-23-13-14-26-24(19(23)2)29-22-8-6-5-7-21(22)27-25(29)32(4)30/h5-14H,15-17H2,1-4H3. The number of likely N-dealkylation sites (N-methyl/N-ethyl adjacent to an activating group) is 1. The molecule has 0 saturated carbocycles. The van der Waals surface area contributed by atoms with Crippen molar-refractivity contribution < 1.29 is 8.95 Å². The largest absolute Gasteiger partial charge is 0.492 e. The van der Waals surface area contributed by atoms with Crippen LogP contribution in [0.5, 0.6) is 5.75 Å². The van der Waals surface area contributed by atoms with Crippen molar-refractivity contribution in [3.8, 4) is 11.6 Å². The predicted octanol–water partition coefficient (Wildman–Crippen LogP) is 4.29. The smallest absolute Gasteiger partial charge is 0.205 e. The number of imidazole rings is 1. The van der Waals surface area contributed by atoms with Gasteiger partial charge in [-0.1, -0.05) is 42.0 Å². The number of para-hydroxylation sites is 2. The maximum atomic E-state index is 12.4. The highest BCUT2D eigenvalue weighted by molar-refractivity contribution is 7.84. The Morgan fingerprint density at radius 1 is 1.06 bits per heavy atom. The molecule has 0 radical (unpaired) electrons. The minimum atomic E-state index is -1.26. The van der Waals surface area contributed by atoms with Crippen molar-refractivity contribution in [2.24, 2.45) is 0 Å². The fourth-order valence-electron chi connectivity index (χ4n) is 3.69. The average molecular weight is 449 g/mol. The summed E-state index contributed by atoms with van der Waals surface area (Å²) >= 11 is 0. The van der Waals surface area contributed by atoms with Gasteiger partial charge in [-0.05, 0) is 44.7 Å². The van der Waals surface area contributed by atoms with Crippen LogP contribution in [0.4, 0.5) is 0 Å². The lowest BCUT2D eigenvalue weighted by Gasteiger charge is -2.18. The Morgan fingerprint density at radius 3 is 2.56 bits per heavy atom. The fourth-order valence-corrected chi connectivity index (χ4v) is 4.36.